The van der Waals surface area contributed by atoms with Crippen molar-refractivity contribution in [1.29, 1.82) is 5.41 Å². The number of anilines is 5. The Morgan fingerprint density at radius 1 is 0.830 bits per heavy atom. The molecule has 0 atom stereocenters. The number of rotatable bonds is 16. The minimum atomic E-state index is -2.75. The van der Waals surface area contributed by atoms with Crippen LogP contribution in [0.4, 0.5) is 42.5 Å². The van der Waals surface area contributed by atoms with Crippen LogP contribution in [0.3, 0.4) is 0 Å². The van der Waals surface area contributed by atoms with Crippen LogP contribution in [0.5, 0.6) is 11.5 Å². The number of methoxy groups -OCH3 is 1. The molecule has 0 unspecified atom stereocenters. The van der Waals surface area contributed by atoms with Gasteiger partial charge in [0.2, 0.25) is 17.8 Å². The van der Waals surface area contributed by atoms with Gasteiger partial charge in [-0.1, -0.05) is 11.6 Å². The molecule has 4 saturated heterocycles. The third-order valence-corrected chi connectivity index (χ3v) is 19.0. The molecule has 23 nitrogen and oxygen atoms in total. The molecule has 11 rings (SSSR count). The van der Waals surface area contributed by atoms with Crippen LogP contribution in [-0.2, 0) is 40.8 Å². The fourth-order valence-electron chi connectivity index (χ4n) is 14.0. The molecule has 9 heterocycles. The predicted octanol–water partition coefficient (Wildman–Crippen LogP) is 5.74. The average molecular weight is 1230 g/mol. The number of ether oxygens (including phenoxy) is 2. The van der Waals surface area contributed by atoms with Crippen molar-refractivity contribution >= 4 is 87.0 Å². The third-order valence-electron chi connectivity index (χ3n) is 18.8. The maximum atomic E-state index is 14.8. The van der Waals surface area contributed by atoms with Gasteiger partial charge in [0.1, 0.15) is 17.0 Å². The molecule has 26 heteroatoms. The third kappa shape index (κ3) is 12.6. The van der Waals surface area contributed by atoms with Crippen molar-refractivity contribution in [2.45, 2.75) is 95.7 Å². The summed E-state index contributed by atoms with van der Waals surface area (Å²) in [7, 11) is 8.03. The number of nitrogens with zero attached hydrogens (tertiary/aromatic N) is 11. The Labute approximate surface area is 515 Å². The molecule has 3 aromatic heterocycles. The SMILES string of the molecule is CNC(=O)COc1cc2cc(Nc3nc(N4CCC(C(=O)N5CCC(N6CCC(C(=O)N7CCC(n8nc(N9CCCc%10cc(/C(C=N)=C/[NH2+]C)c(C(F)F)cc%109)c9c8CCN(C(=O)NC)C9)CC7)CC6)CC5)CC4)ncc3Cl)cc(OC)c2n(C)c1=O. The number of piperidine rings is 4. The van der Waals surface area contributed by atoms with Gasteiger partial charge in [-0.2, -0.15) is 10.1 Å². The van der Waals surface area contributed by atoms with Gasteiger partial charge in [0.15, 0.2) is 24.0 Å². The van der Waals surface area contributed by atoms with Crippen LogP contribution in [0.15, 0.2) is 47.5 Å². The Bertz CT molecular complexity index is 3550. The van der Waals surface area contributed by atoms with Gasteiger partial charge >= 0.3 is 6.03 Å². The van der Waals surface area contributed by atoms with E-state index in [0.29, 0.717) is 152 Å². The summed E-state index contributed by atoms with van der Waals surface area (Å²) in [6.07, 6.45) is 9.85. The van der Waals surface area contributed by atoms with Gasteiger partial charge in [0, 0.05) is 144 Å². The lowest BCUT2D eigenvalue weighted by Gasteiger charge is -2.43. The zero-order valence-corrected chi connectivity index (χ0v) is 51.5. The number of nitrogens with one attached hydrogen (secondary N) is 4. The highest BCUT2D eigenvalue weighted by Crippen LogP contribution is 2.44. The Kier molecular flexibility index (Phi) is 18.8. The summed E-state index contributed by atoms with van der Waals surface area (Å²) in [5.41, 5.74) is 4.92. The smallest absolute Gasteiger partial charge is 0.317 e. The zero-order chi connectivity index (χ0) is 61.9. The monoisotopic (exact) mass is 1230 g/mol. The highest BCUT2D eigenvalue weighted by molar-refractivity contribution is 6.33. The van der Waals surface area contributed by atoms with Crippen molar-refractivity contribution in [2.75, 3.05) is 115 Å². The number of aromatic nitrogens is 5. The molecule has 5 amide bonds. The molecular formula is C62H80ClF2N16O7+. The van der Waals surface area contributed by atoms with Gasteiger partial charge in [-0.25, -0.2) is 18.6 Å². The largest absolute Gasteiger partial charge is 0.494 e. The van der Waals surface area contributed by atoms with Crippen LogP contribution in [0.25, 0.3) is 16.5 Å². The summed E-state index contributed by atoms with van der Waals surface area (Å²) in [6, 6.07) is 8.71. The molecule has 6 aliphatic heterocycles. The van der Waals surface area contributed by atoms with Crippen molar-refractivity contribution in [3.8, 4) is 11.5 Å². The molecular weight excluding hydrogens is 1150 g/mol. The van der Waals surface area contributed by atoms with Crippen molar-refractivity contribution in [1.82, 2.24) is 54.5 Å². The van der Waals surface area contributed by atoms with Gasteiger partial charge in [-0.05, 0) is 113 Å². The normalized spacial score (nSPS) is 18.6. The number of halogens is 3. The average Bonchev–Trinajstić information content (AvgIpc) is 4.00. The first-order valence-corrected chi connectivity index (χ1v) is 31.2. The second kappa shape index (κ2) is 26.8. The number of hydrogen-bond donors (Lipinski definition) is 5. The number of allylic oxidation sites excluding steroid dienone is 1. The second-order valence-corrected chi connectivity index (χ2v) is 24.2. The number of carbonyl (C=O) groups is 4. The van der Waals surface area contributed by atoms with Gasteiger partial charge in [-0.3, -0.25) is 23.9 Å². The number of likely N-dealkylation sites (tertiary alicyclic amines) is 3. The molecule has 2 aromatic carbocycles. The van der Waals surface area contributed by atoms with E-state index in [1.165, 1.54) is 18.7 Å². The lowest BCUT2D eigenvalue weighted by atomic mass is 9.90. The Hall–Kier alpha value is -7.90. The number of nitrogens with two attached hydrogens (primary N) is 1. The highest BCUT2D eigenvalue weighted by Gasteiger charge is 2.39. The molecule has 5 aromatic rings. The summed E-state index contributed by atoms with van der Waals surface area (Å²) >= 11 is 6.65. The number of quaternary nitrogens is 1. The number of hydrogen-bond acceptors (Lipinski definition) is 15. The highest BCUT2D eigenvalue weighted by atomic mass is 35.5. The lowest BCUT2D eigenvalue weighted by molar-refractivity contribution is -0.555. The minimum Gasteiger partial charge on any atom is -0.494 e. The number of likely N-dealkylation sites (N-methyl/N-ethyl adjacent to an activating group) is 1. The first-order valence-electron chi connectivity index (χ1n) is 30.8. The molecule has 0 bridgehead atoms. The first kappa shape index (κ1) is 61.7. The molecule has 0 radical (unpaired) electrons. The number of carbonyl (C=O) groups excluding carboxylic acids is 4. The Balaban J connectivity index is 0.659. The van der Waals surface area contributed by atoms with E-state index in [-0.39, 0.29) is 59.6 Å². The van der Waals surface area contributed by atoms with E-state index in [1.54, 1.807) is 62.0 Å². The molecule has 6 aliphatic rings. The van der Waals surface area contributed by atoms with Gasteiger partial charge in [0.25, 0.3) is 17.9 Å². The van der Waals surface area contributed by atoms with Crippen molar-refractivity contribution in [3.05, 3.63) is 86.1 Å². The number of benzene rings is 2. The molecule has 0 spiro atoms. The predicted molar refractivity (Wildman–Crippen MR) is 331 cm³/mol. The molecule has 470 valence electrons. The van der Waals surface area contributed by atoms with Crippen LogP contribution in [0.2, 0.25) is 5.02 Å². The maximum Gasteiger partial charge on any atom is 0.317 e. The van der Waals surface area contributed by atoms with Crippen LogP contribution < -0.4 is 46.1 Å². The summed E-state index contributed by atoms with van der Waals surface area (Å²) in [4.78, 5) is 88.1. The summed E-state index contributed by atoms with van der Waals surface area (Å²) in [6.45, 7) is 6.64. The standard InChI is InChI=1S/C62H79ClF2N16O7/c1-67-33-41(32-66)45-28-39-7-6-17-80(50(39)31-46(45)55(64)65)57-47-35-79(62(86)69-3)26-16-49(47)81(73-57)44-14-24-77(25-15-44)58(83)37-8-18-75(19-9-37)43-12-22-76(23-13-43)59(84)38-10-20-78(21-11-38)61-70-34-48(63)56(72-61)71-42-27-40-29-52(88-36-53(82)68-2)60(85)74(4)54(40)51(30-42)87-5/h27-34,37-38,43-44,55,66-67H,6-26,35-36H2,1-5H3,(H,68,82)(H,69,86)(H,70,71,72)/p+1/b41-33+,66-32?. The van der Waals surface area contributed by atoms with Crippen LogP contribution in [0, 0.1) is 17.2 Å². The number of fused-ring (bicyclic) bond motifs is 3. The van der Waals surface area contributed by atoms with Crippen LogP contribution >= 0.6 is 11.6 Å². The number of amides is 5. The number of alkyl halides is 2. The van der Waals surface area contributed by atoms with E-state index in [4.69, 9.17) is 36.6 Å². The lowest BCUT2D eigenvalue weighted by Crippen LogP contribution is -2.72. The first-order chi connectivity index (χ1) is 42.6. The van der Waals surface area contributed by atoms with Gasteiger partial charge in [0.05, 0.1) is 44.0 Å². The molecule has 88 heavy (non-hydrogen) atoms. The summed E-state index contributed by atoms with van der Waals surface area (Å²) in [5.74, 6) is 1.86. The zero-order valence-electron chi connectivity index (χ0n) is 50.8. The van der Waals surface area contributed by atoms with Crippen molar-refractivity contribution < 1.29 is 42.7 Å². The van der Waals surface area contributed by atoms with E-state index >= 15 is 0 Å². The molecule has 6 N–H and O–H groups in total. The second-order valence-electron chi connectivity index (χ2n) is 23.8. The Morgan fingerprint density at radius 3 is 2.15 bits per heavy atom. The van der Waals surface area contributed by atoms with E-state index in [2.05, 4.69) is 40.3 Å². The maximum absolute atomic E-state index is 14.8. The van der Waals surface area contributed by atoms with Gasteiger partial charge in [-0.15, -0.1) is 0 Å². The Morgan fingerprint density at radius 2 is 1.51 bits per heavy atom. The van der Waals surface area contributed by atoms with E-state index in [1.807, 2.05) is 21.9 Å². The number of urea groups is 1. The fourth-order valence-corrected chi connectivity index (χ4v) is 14.1. The van der Waals surface area contributed by atoms with Crippen LogP contribution in [0.1, 0.15) is 98.2 Å². The minimum absolute atomic E-state index is 0.0121. The van der Waals surface area contributed by atoms with Crippen LogP contribution in [-0.4, -0.2) is 180 Å². The van der Waals surface area contributed by atoms with Crippen molar-refractivity contribution in [3.63, 3.8) is 0 Å². The summed E-state index contributed by atoms with van der Waals surface area (Å²) in [5, 5.41) is 24.5. The van der Waals surface area contributed by atoms with E-state index in [9.17, 15) is 32.8 Å². The number of aryl methyl sites for hydroxylation is 2. The van der Waals surface area contributed by atoms with E-state index in [0.717, 1.165) is 81.1 Å². The topological polar surface area (TPSA) is 248 Å². The number of pyridine rings is 1. The van der Waals surface area contributed by atoms with Gasteiger partial charge < -0.3 is 70.1 Å². The quantitative estimate of drug-likeness (QED) is 0.0740. The molecule has 4 fully saturated rings. The molecule has 0 aliphatic carbocycles. The molecule has 0 saturated carbocycles. The van der Waals surface area contributed by atoms with E-state index < -0.39 is 12.0 Å². The summed E-state index contributed by atoms with van der Waals surface area (Å²) < 4.78 is 44.5. The van der Waals surface area contributed by atoms with Crippen molar-refractivity contribution in [2.24, 2.45) is 18.9 Å². The fraction of sp³-hybridized carbons (Fsp3) is 0.532.